The van der Waals surface area contributed by atoms with Gasteiger partial charge in [-0.1, -0.05) is 56.5 Å². The van der Waals surface area contributed by atoms with E-state index in [1.54, 1.807) is 0 Å². The van der Waals surface area contributed by atoms with E-state index in [4.69, 9.17) is 4.74 Å². The first kappa shape index (κ1) is 25.3. The summed E-state index contributed by atoms with van der Waals surface area (Å²) in [6.07, 6.45) is 6.63. The largest absolute Gasteiger partial charge is 0.376 e. The van der Waals surface area contributed by atoms with Gasteiger partial charge in [-0.15, -0.1) is 10.2 Å². The van der Waals surface area contributed by atoms with Gasteiger partial charge in [-0.05, 0) is 50.2 Å². The number of aryl methyl sites for hydroxylation is 1. The molecule has 35 heavy (non-hydrogen) atoms. The molecule has 2 amide bonds. The van der Waals surface area contributed by atoms with Crippen LogP contribution in [0.5, 0.6) is 0 Å². The Morgan fingerprint density at radius 1 is 1.14 bits per heavy atom. The maximum Gasteiger partial charge on any atom is 0.247 e. The van der Waals surface area contributed by atoms with E-state index in [1.807, 2.05) is 36.1 Å². The Morgan fingerprint density at radius 2 is 1.89 bits per heavy atom. The van der Waals surface area contributed by atoms with Gasteiger partial charge < -0.3 is 15.0 Å². The van der Waals surface area contributed by atoms with Crippen LogP contribution in [0.25, 0.3) is 11.4 Å². The van der Waals surface area contributed by atoms with Crippen LogP contribution in [0.15, 0.2) is 24.3 Å². The predicted octanol–water partition coefficient (Wildman–Crippen LogP) is 3.13. The van der Waals surface area contributed by atoms with Gasteiger partial charge in [0.05, 0.1) is 6.10 Å². The highest BCUT2D eigenvalue weighted by Crippen LogP contribution is 2.28. The van der Waals surface area contributed by atoms with Gasteiger partial charge in [0.1, 0.15) is 12.6 Å². The third-order valence-electron chi connectivity index (χ3n) is 6.91. The molecule has 0 bridgehead atoms. The fourth-order valence-electron chi connectivity index (χ4n) is 5.08. The molecule has 2 aliphatic rings. The number of rotatable bonds is 10. The lowest BCUT2D eigenvalue weighted by Crippen LogP contribution is -2.55. The first-order valence-corrected chi connectivity index (χ1v) is 13.0. The van der Waals surface area contributed by atoms with Crippen LogP contribution in [-0.4, -0.2) is 68.3 Å². The Hall–Kier alpha value is -2.81. The van der Waals surface area contributed by atoms with E-state index < -0.39 is 6.04 Å². The van der Waals surface area contributed by atoms with Gasteiger partial charge in [-0.25, -0.2) is 0 Å². The summed E-state index contributed by atoms with van der Waals surface area (Å²) >= 11 is 0. The number of aromatic nitrogens is 4. The van der Waals surface area contributed by atoms with Crippen molar-refractivity contribution in [3.63, 3.8) is 0 Å². The van der Waals surface area contributed by atoms with Gasteiger partial charge in [0.15, 0.2) is 0 Å². The van der Waals surface area contributed by atoms with Gasteiger partial charge in [-0.3, -0.25) is 9.59 Å². The quantitative estimate of drug-likeness (QED) is 0.558. The average molecular weight is 483 g/mol. The van der Waals surface area contributed by atoms with E-state index in [2.05, 4.69) is 34.6 Å². The molecule has 2 atom stereocenters. The Balaban J connectivity index is 1.50. The molecular weight excluding hydrogens is 444 g/mol. The maximum absolute atomic E-state index is 13.7. The van der Waals surface area contributed by atoms with Crippen molar-refractivity contribution in [1.82, 2.24) is 30.4 Å². The summed E-state index contributed by atoms with van der Waals surface area (Å²) in [6, 6.07) is 7.41. The number of hydrogen-bond acceptors (Lipinski definition) is 6. The molecule has 1 aliphatic carbocycles. The fourth-order valence-corrected chi connectivity index (χ4v) is 5.08. The SMILES string of the molecule is Cc1ccc(-c2nnn(CC(=O)N(C3CCCC3)C(CC(C)C)C(=O)NCC3CCCO3)n2)cc1. The van der Waals surface area contributed by atoms with Crippen LogP contribution >= 0.6 is 0 Å². The number of nitrogens with zero attached hydrogens (tertiary/aromatic N) is 5. The molecule has 190 valence electrons. The second-order valence-corrected chi connectivity index (χ2v) is 10.3. The molecular formula is C26H38N6O3. The Bertz CT molecular complexity index is 977. The summed E-state index contributed by atoms with van der Waals surface area (Å²) in [5, 5.41) is 15.8. The highest BCUT2D eigenvalue weighted by Gasteiger charge is 2.37. The van der Waals surface area contributed by atoms with Gasteiger partial charge in [0.2, 0.25) is 17.6 Å². The summed E-state index contributed by atoms with van der Waals surface area (Å²) in [6.45, 7) is 7.40. The van der Waals surface area contributed by atoms with E-state index in [-0.39, 0.29) is 36.4 Å². The molecule has 1 N–H and O–H groups in total. The smallest absolute Gasteiger partial charge is 0.247 e. The van der Waals surface area contributed by atoms with Crippen LogP contribution in [0, 0.1) is 12.8 Å². The summed E-state index contributed by atoms with van der Waals surface area (Å²) in [7, 11) is 0. The number of carbonyl (C=O) groups excluding carboxylic acids is 2. The minimum atomic E-state index is -0.521. The monoisotopic (exact) mass is 482 g/mol. The molecule has 2 heterocycles. The van der Waals surface area contributed by atoms with Crippen LogP contribution in [0.3, 0.4) is 0 Å². The fraction of sp³-hybridized carbons (Fsp3) is 0.654. The van der Waals surface area contributed by atoms with Crippen molar-refractivity contribution in [3.05, 3.63) is 29.8 Å². The van der Waals surface area contributed by atoms with Crippen LogP contribution in [0.4, 0.5) is 0 Å². The van der Waals surface area contributed by atoms with Crippen molar-refractivity contribution >= 4 is 11.8 Å². The van der Waals surface area contributed by atoms with Crippen molar-refractivity contribution in [2.75, 3.05) is 13.2 Å². The van der Waals surface area contributed by atoms with Crippen LogP contribution in [0.2, 0.25) is 0 Å². The van der Waals surface area contributed by atoms with E-state index in [9.17, 15) is 9.59 Å². The predicted molar refractivity (Wildman–Crippen MR) is 132 cm³/mol. The van der Waals surface area contributed by atoms with Crippen molar-refractivity contribution in [1.29, 1.82) is 0 Å². The third-order valence-corrected chi connectivity index (χ3v) is 6.91. The summed E-state index contributed by atoms with van der Waals surface area (Å²) < 4.78 is 5.67. The number of tetrazole rings is 1. The molecule has 1 aromatic carbocycles. The molecule has 9 nitrogen and oxygen atoms in total. The standard InChI is InChI=1S/C26H38N6O3/c1-18(2)15-23(26(34)27-16-22-9-6-14-35-22)32(21-7-4-5-8-21)24(33)17-31-29-25(28-30-31)20-12-10-19(3)11-13-20/h10-13,18,21-23H,4-9,14-17H2,1-3H3,(H,27,34). The van der Waals surface area contributed by atoms with E-state index in [1.165, 1.54) is 4.80 Å². The van der Waals surface area contributed by atoms with Crippen molar-refractivity contribution in [3.8, 4) is 11.4 Å². The normalized spacial score (nSPS) is 19.3. The first-order chi connectivity index (χ1) is 16.9. The molecule has 2 fully saturated rings. The van der Waals surface area contributed by atoms with Gasteiger partial charge >= 0.3 is 0 Å². The van der Waals surface area contributed by atoms with Crippen LogP contribution < -0.4 is 5.32 Å². The molecule has 9 heteroatoms. The lowest BCUT2D eigenvalue weighted by Gasteiger charge is -2.36. The van der Waals surface area contributed by atoms with E-state index >= 15 is 0 Å². The molecule has 0 spiro atoms. The van der Waals surface area contributed by atoms with Gasteiger partial charge in [0.25, 0.3) is 0 Å². The molecule has 1 saturated carbocycles. The molecule has 1 saturated heterocycles. The molecule has 2 aromatic rings. The topological polar surface area (TPSA) is 102 Å². The van der Waals surface area contributed by atoms with E-state index in [0.717, 1.165) is 56.3 Å². The van der Waals surface area contributed by atoms with Crippen LogP contribution in [-0.2, 0) is 20.9 Å². The Kier molecular flexibility index (Phi) is 8.49. The number of carbonyl (C=O) groups is 2. The Labute approximate surface area is 207 Å². The summed E-state index contributed by atoms with van der Waals surface area (Å²) in [5.41, 5.74) is 2.01. The van der Waals surface area contributed by atoms with E-state index in [0.29, 0.717) is 18.8 Å². The zero-order chi connectivity index (χ0) is 24.8. The Morgan fingerprint density at radius 3 is 2.54 bits per heavy atom. The lowest BCUT2D eigenvalue weighted by molar-refractivity contribution is -0.144. The second kappa shape index (κ2) is 11.7. The molecule has 2 unspecified atom stereocenters. The van der Waals surface area contributed by atoms with Crippen molar-refractivity contribution in [2.45, 2.75) is 90.4 Å². The number of nitrogens with one attached hydrogen (secondary N) is 1. The average Bonchev–Trinajstić information content (AvgIpc) is 3.61. The second-order valence-electron chi connectivity index (χ2n) is 10.3. The first-order valence-electron chi connectivity index (χ1n) is 13.0. The maximum atomic E-state index is 13.7. The van der Waals surface area contributed by atoms with Gasteiger partial charge in [-0.2, -0.15) is 4.80 Å². The number of benzene rings is 1. The molecule has 0 radical (unpaired) electrons. The molecule has 4 rings (SSSR count). The summed E-state index contributed by atoms with van der Waals surface area (Å²) in [4.78, 5) is 30.2. The zero-order valence-corrected chi connectivity index (χ0v) is 21.2. The van der Waals surface area contributed by atoms with Crippen LogP contribution in [0.1, 0.15) is 64.4 Å². The zero-order valence-electron chi connectivity index (χ0n) is 21.2. The highest BCUT2D eigenvalue weighted by molar-refractivity contribution is 5.88. The number of hydrogen-bond donors (Lipinski definition) is 1. The minimum Gasteiger partial charge on any atom is -0.376 e. The number of ether oxygens (including phenoxy) is 1. The minimum absolute atomic E-state index is 0.0387. The highest BCUT2D eigenvalue weighted by atomic mass is 16.5. The lowest BCUT2D eigenvalue weighted by atomic mass is 9.99. The third kappa shape index (κ3) is 6.66. The molecule has 1 aromatic heterocycles. The molecule has 1 aliphatic heterocycles. The number of amides is 2. The van der Waals surface area contributed by atoms with Crippen molar-refractivity contribution in [2.24, 2.45) is 5.92 Å². The summed E-state index contributed by atoms with van der Waals surface area (Å²) in [5.74, 6) is 0.519. The van der Waals surface area contributed by atoms with Crippen molar-refractivity contribution < 1.29 is 14.3 Å². The van der Waals surface area contributed by atoms with Gasteiger partial charge in [0, 0.05) is 24.8 Å².